The van der Waals surface area contributed by atoms with Crippen molar-refractivity contribution in [1.29, 1.82) is 0 Å². The number of aryl methyl sites for hydroxylation is 1. The molecule has 1 amide bonds. The predicted octanol–water partition coefficient (Wildman–Crippen LogP) is 3.26. The van der Waals surface area contributed by atoms with E-state index in [2.05, 4.69) is 10.3 Å². The zero-order chi connectivity index (χ0) is 13.7. The first-order chi connectivity index (χ1) is 9.15. The van der Waals surface area contributed by atoms with Crippen LogP contribution in [0.25, 0.3) is 0 Å². The van der Waals surface area contributed by atoms with Gasteiger partial charge in [0.2, 0.25) is 5.91 Å². The van der Waals surface area contributed by atoms with Crippen LogP contribution in [0.2, 0.25) is 0 Å². The predicted molar refractivity (Wildman–Crippen MR) is 74.7 cm³/mol. The number of aromatic nitrogens is 1. The summed E-state index contributed by atoms with van der Waals surface area (Å²) in [6.07, 6.45) is 1.68. The molecule has 0 aliphatic heterocycles. The van der Waals surface area contributed by atoms with Gasteiger partial charge in [0, 0.05) is 11.1 Å². The number of amides is 1. The second-order valence-electron chi connectivity index (χ2n) is 3.99. The Bertz CT molecular complexity index is 572. The van der Waals surface area contributed by atoms with Gasteiger partial charge in [-0.05, 0) is 30.7 Å². The first-order valence-electron chi connectivity index (χ1n) is 5.75. The molecule has 0 spiro atoms. The second-order valence-corrected chi connectivity index (χ2v) is 5.01. The monoisotopic (exact) mass is 276 g/mol. The molecule has 98 valence electrons. The number of nitrogens with one attached hydrogen (secondary N) is 1. The third kappa shape index (κ3) is 4.06. The van der Waals surface area contributed by atoms with Crippen LogP contribution >= 0.6 is 11.8 Å². The molecule has 1 aromatic carbocycles. The van der Waals surface area contributed by atoms with E-state index in [9.17, 15) is 9.18 Å². The molecule has 0 saturated heterocycles. The lowest BCUT2D eigenvalue weighted by Crippen LogP contribution is -2.15. The lowest BCUT2D eigenvalue weighted by molar-refractivity contribution is -0.113. The van der Waals surface area contributed by atoms with Crippen molar-refractivity contribution in [1.82, 2.24) is 4.98 Å². The number of rotatable bonds is 4. The molecule has 2 rings (SSSR count). The molecule has 0 aliphatic carbocycles. The number of thioether (sulfide) groups is 1. The Labute approximate surface area is 115 Å². The van der Waals surface area contributed by atoms with Gasteiger partial charge in [-0.15, -0.1) is 11.8 Å². The molecule has 5 heteroatoms. The minimum Gasteiger partial charge on any atom is -0.310 e. The van der Waals surface area contributed by atoms with Crippen LogP contribution in [0.4, 0.5) is 10.2 Å². The molecular weight excluding hydrogens is 263 g/mol. The number of carbonyl (C=O) groups is 1. The van der Waals surface area contributed by atoms with Gasteiger partial charge in [-0.2, -0.15) is 0 Å². The maximum atomic E-state index is 13.3. The van der Waals surface area contributed by atoms with Crippen molar-refractivity contribution in [2.24, 2.45) is 0 Å². The lowest BCUT2D eigenvalue weighted by atomic mass is 10.3. The van der Waals surface area contributed by atoms with Crippen molar-refractivity contribution < 1.29 is 9.18 Å². The van der Waals surface area contributed by atoms with E-state index >= 15 is 0 Å². The molecule has 1 aromatic heterocycles. The molecular formula is C14H13FN2OS. The van der Waals surface area contributed by atoms with Crippen LogP contribution in [0.1, 0.15) is 5.56 Å². The Kier molecular flexibility index (Phi) is 4.52. The van der Waals surface area contributed by atoms with Crippen LogP contribution in [-0.4, -0.2) is 16.6 Å². The van der Waals surface area contributed by atoms with Crippen molar-refractivity contribution in [3.8, 4) is 0 Å². The standard InChI is InChI=1S/C14H13FN2OS/c1-10-6-7-13(16-8-10)17-14(18)9-19-12-5-3-2-4-11(12)15/h2-8H,9H2,1H3,(H,16,17,18). The topological polar surface area (TPSA) is 42.0 Å². The van der Waals surface area contributed by atoms with Crippen molar-refractivity contribution >= 4 is 23.5 Å². The number of hydrogen-bond donors (Lipinski definition) is 1. The molecule has 1 heterocycles. The number of nitrogens with zero attached hydrogens (tertiary/aromatic N) is 1. The van der Waals surface area contributed by atoms with E-state index in [1.807, 2.05) is 13.0 Å². The largest absolute Gasteiger partial charge is 0.310 e. The van der Waals surface area contributed by atoms with Gasteiger partial charge in [0.15, 0.2) is 0 Å². The third-order valence-electron chi connectivity index (χ3n) is 2.37. The quantitative estimate of drug-likeness (QED) is 0.872. The van der Waals surface area contributed by atoms with E-state index in [1.165, 1.54) is 6.07 Å². The third-order valence-corrected chi connectivity index (χ3v) is 3.42. The Morgan fingerprint density at radius 2 is 2.11 bits per heavy atom. The van der Waals surface area contributed by atoms with Crippen LogP contribution < -0.4 is 5.32 Å². The number of hydrogen-bond acceptors (Lipinski definition) is 3. The van der Waals surface area contributed by atoms with Crippen LogP contribution in [0.15, 0.2) is 47.5 Å². The van der Waals surface area contributed by atoms with Crippen molar-refractivity contribution in [2.75, 3.05) is 11.1 Å². The summed E-state index contributed by atoms with van der Waals surface area (Å²) in [7, 11) is 0. The first kappa shape index (κ1) is 13.5. The summed E-state index contributed by atoms with van der Waals surface area (Å²) in [5.74, 6) is 0.138. The highest BCUT2D eigenvalue weighted by Crippen LogP contribution is 2.21. The van der Waals surface area contributed by atoms with Gasteiger partial charge in [-0.1, -0.05) is 18.2 Å². The molecule has 0 atom stereocenters. The molecule has 0 fully saturated rings. The Balaban J connectivity index is 1.88. The van der Waals surface area contributed by atoms with Crippen LogP contribution in [-0.2, 0) is 4.79 Å². The number of halogens is 1. The van der Waals surface area contributed by atoms with Crippen LogP contribution in [0.3, 0.4) is 0 Å². The highest BCUT2D eigenvalue weighted by atomic mass is 32.2. The molecule has 3 nitrogen and oxygen atoms in total. The average molecular weight is 276 g/mol. The number of anilines is 1. The molecule has 1 N–H and O–H groups in total. The van der Waals surface area contributed by atoms with Crippen LogP contribution in [0, 0.1) is 12.7 Å². The molecule has 0 aliphatic rings. The zero-order valence-electron chi connectivity index (χ0n) is 10.4. The Hall–Kier alpha value is -1.88. The number of pyridine rings is 1. The summed E-state index contributed by atoms with van der Waals surface area (Å²) < 4.78 is 13.3. The summed E-state index contributed by atoms with van der Waals surface area (Å²) >= 11 is 1.16. The summed E-state index contributed by atoms with van der Waals surface area (Å²) in [6.45, 7) is 1.92. The fourth-order valence-corrected chi connectivity index (χ4v) is 2.17. The first-order valence-corrected chi connectivity index (χ1v) is 6.73. The van der Waals surface area contributed by atoms with E-state index in [0.717, 1.165) is 17.3 Å². The molecule has 0 radical (unpaired) electrons. The van der Waals surface area contributed by atoms with Gasteiger partial charge < -0.3 is 5.32 Å². The fraction of sp³-hybridized carbons (Fsp3) is 0.143. The molecule has 0 bridgehead atoms. The summed E-state index contributed by atoms with van der Waals surface area (Å²) in [4.78, 5) is 16.2. The van der Waals surface area contributed by atoms with Gasteiger partial charge in [0.25, 0.3) is 0 Å². The minimum atomic E-state index is -0.311. The van der Waals surface area contributed by atoms with Crippen molar-refractivity contribution in [3.05, 3.63) is 54.0 Å². The van der Waals surface area contributed by atoms with Gasteiger partial charge >= 0.3 is 0 Å². The maximum Gasteiger partial charge on any atom is 0.235 e. The van der Waals surface area contributed by atoms with Gasteiger partial charge in [0.1, 0.15) is 11.6 Å². The van der Waals surface area contributed by atoms with E-state index in [1.54, 1.807) is 30.5 Å². The molecule has 19 heavy (non-hydrogen) atoms. The Morgan fingerprint density at radius 1 is 1.32 bits per heavy atom. The SMILES string of the molecule is Cc1ccc(NC(=O)CSc2ccccc2F)nc1. The summed E-state index contributed by atoms with van der Waals surface area (Å²) in [6, 6.07) is 9.99. The van der Waals surface area contributed by atoms with Crippen LogP contribution in [0.5, 0.6) is 0 Å². The highest BCUT2D eigenvalue weighted by molar-refractivity contribution is 8.00. The Morgan fingerprint density at radius 3 is 2.79 bits per heavy atom. The van der Waals surface area contributed by atoms with E-state index in [-0.39, 0.29) is 17.5 Å². The summed E-state index contributed by atoms with van der Waals surface area (Å²) in [5.41, 5.74) is 1.03. The van der Waals surface area contributed by atoms with Gasteiger partial charge in [-0.3, -0.25) is 4.79 Å². The normalized spacial score (nSPS) is 10.2. The maximum absolute atomic E-state index is 13.3. The molecule has 0 unspecified atom stereocenters. The van der Waals surface area contributed by atoms with Crippen molar-refractivity contribution in [3.63, 3.8) is 0 Å². The van der Waals surface area contributed by atoms with E-state index < -0.39 is 0 Å². The highest BCUT2D eigenvalue weighted by Gasteiger charge is 2.07. The minimum absolute atomic E-state index is 0.149. The molecule has 0 saturated carbocycles. The van der Waals surface area contributed by atoms with E-state index in [4.69, 9.17) is 0 Å². The zero-order valence-corrected chi connectivity index (χ0v) is 11.2. The lowest BCUT2D eigenvalue weighted by Gasteiger charge is -2.05. The average Bonchev–Trinajstić information content (AvgIpc) is 2.40. The van der Waals surface area contributed by atoms with E-state index in [0.29, 0.717) is 10.7 Å². The smallest absolute Gasteiger partial charge is 0.235 e. The molecule has 2 aromatic rings. The fourth-order valence-electron chi connectivity index (χ4n) is 1.43. The van der Waals surface area contributed by atoms with Crippen molar-refractivity contribution in [2.45, 2.75) is 11.8 Å². The second kappa shape index (κ2) is 6.33. The van der Waals surface area contributed by atoms with Gasteiger partial charge in [0.05, 0.1) is 5.75 Å². The number of carbonyl (C=O) groups excluding carboxylic acids is 1. The number of benzene rings is 1. The summed E-state index contributed by atoms with van der Waals surface area (Å²) in [5, 5.41) is 2.67. The van der Waals surface area contributed by atoms with Gasteiger partial charge in [-0.25, -0.2) is 9.37 Å².